The Kier molecular flexibility index (Phi) is 10.2. The van der Waals surface area contributed by atoms with E-state index in [2.05, 4.69) is 16.4 Å². The van der Waals surface area contributed by atoms with E-state index in [0.717, 1.165) is 21.8 Å². The number of rotatable bonds is 2. The number of Topliss-reactive ketones (excluding diaryl/α,β-unsaturated/α-hetero) is 1. The van der Waals surface area contributed by atoms with Crippen molar-refractivity contribution in [2.75, 3.05) is 0 Å². The summed E-state index contributed by atoms with van der Waals surface area (Å²) in [5.41, 5.74) is 1.69. The fraction of sp³-hybridized carbons (Fsp3) is 0.607. The smallest absolute Gasteiger partial charge is 0.223 e. The van der Waals surface area contributed by atoms with Gasteiger partial charge < -0.3 is 15.5 Å². The summed E-state index contributed by atoms with van der Waals surface area (Å²) in [5.74, 6) is -1.38. The number of aliphatic hydroxyl groups is 2. The summed E-state index contributed by atoms with van der Waals surface area (Å²) in [6, 6.07) is -0.300. The number of aromatic nitrogens is 1. The molecule has 1 aliphatic rings. The van der Waals surface area contributed by atoms with E-state index >= 15 is 0 Å². The second-order valence-electron chi connectivity index (χ2n) is 10.7. The Morgan fingerprint density at radius 2 is 1.86 bits per heavy atom. The molecule has 0 bridgehead atoms. The second-order valence-corrected chi connectivity index (χ2v) is 11.8. The highest BCUT2D eigenvalue weighted by molar-refractivity contribution is 7.09. The average Bonchev–Trinajstić information content (AvgIpc) is 3.19. The van der Waals surface area contributed by atoms with Crippen LogP contribution in [0.2, 0.25) is 0 Å². The third kappa shape index (κ3) is 7.69. The maximum absolute atomic E-state index is 13.2. The molecule has 6 atom stereocenters. The maximum atomic E-state index is 13.2. The summed E-state index contributed by atoms with van der Waals surface area (Å²) >= 11 is 1.58. The Hall–Kier alpha value is -2.09. The van der Waals surface area contributed by atoms with Crippen LogP contribution < -0.4 is 5.32 Å². The van der Waals surface area contributed by atoms with Gasteiger partial charge in [-0.2, -0.15) is 0 Å². The molecule has 7 heteroatoms. The molecule has 1 aromatic rings. The van der Waals surface area contributed by atoms with Crippen molar-refractivity contribution >= 4 is 29.1 Å². The van der Waals surface area contributed by atoms with Crippen molar-refractivity contribution in [1.29, 1.82) is 0 Å². The van der Waals surface area contributed by atoms with Crippen molar-refractivity contribution < 1.29 is 19.8 Å². The van der Waals surface area contributed by atoms with E-state index in [1.54, 1.807) is 32.1 Å². The van der Waals surface area contributed by atoms with Crippen LogP contribution in [0.1, 0.15) is 72.0 Å². The molecule has 0 spiro atoms. The first-order chi connectivity index (χ1) is 16.2. The third-order valence-corrected chi connectivity index (χ3v) is 7.91. The van der Waals surface area contributed by atoms with Gasteiger partial charge in [0.25, 0.3) is 0 Å². The Morgan fingerprint density at radius 1 is 1.20 bits per heavy atom. The zero-order valence-electron chi connectivity index (χ0n) is 22.3. The molecule has 1 amide bonds. The van der Waals surface area contributed by atoms with Crippen LogP contribution in [0.25, 0.3) is 6.08 Å². The first-order valence-electron chi connectivity index (χ1n) is 12.4. The highest BCUT2D eigenvalue weighted by atomic mass is 32.1. The molecule has 0 saturated carbocycles. The Balaban J connectivity index is 2.45. The predicted molar refractivity (Wildman–Crippen MR) is 143 cm³/mol. The number of carbonyl (C=O) groups is 2. The van der Waals surface area contributed by atoms with Crippen LogP contribution >= 0.6 is 11.3 Å². The number of nitrogens with one attached hydrogen (secondary N) is 1. The number of hydrogen-bond donors (Lipinski definition) is 3. The molecule has 1 aromatic heterocycles. The Bertz CT molecular complexity index is 991. The van der Waals surface area contributed by atoms with E-state index in [1.165, 1.54) is 0 Å². The first-order valence-corrected chi connectivity index (χ1v) is 13.3. The van der Waals surface area contributed by atoms with Crippen LogP contribution in [0, 0.1) is 30.1 Å². The molecule has 2 rings (SSSR count). The van der Waals surface area contributed by atoms with Crippen molar-refractivity contribution in [3.8, 4) is 0 Å². The van der Waals surface area contributed by atoms with Gasteiger partial charge in [-0.1, -0.05) is 58.4 Å². The number of hydrogen-bond acceptors (Lipinski definition) is 6. The van der Waals surface area contributed by atoms with Gasteiger partial charge in [0, 0.05) is 11.3 Å². The minimum atomic E-state index is -1.18. The quantitative estimate of drug-likeness (QED) is 0.536. The molecule has 0 aliphatic carbocycles. The molecule has 35 heavy (non-hydrogen) atoms. The van der Waals surface area contributed by atoms with Crippen LogP contribution in [0.5, 0.6) is 0 Å². The lowest BCUT2D eigenvalue weighted by atomic mass is 9.73. The minimum absolute atomic E-state index is 0.0256. The van der Waals surface area contributed by atoms with Crippen molar-refractivity contribution in [3.05, 3.63) is 45.5 Å². The monoisotopic (exact) mass is 502 g/mol. The van der Waals surface area contributed by atoms with E-state index in [-0.39, 0.29) is 36.0 Å². The molecule has 3 N–H and O–H groups in total. The zero-order chi connectivity index (χ0) is 26.5. The normalized spacial score (nSPS) is 31.7. The second kappa shape index (κ2) is 12.2. The number of aliphatic hydroxyl groups excluding tert-OH is 2. The van der Waals surface area contributed by atoms with Crippen LogP contribution in [-0.2, 0) is 9.59 Å². The highest BCUT2D eigenvalue weighted by Gasteiger charge is 2.42. The number of amides is 1. The molecular weight excluding hydrogens is 460 g/mol. The summed E-state index contributed by atoms with van der Waals surface area (Å²) < 4.78 is 0. The molecule has 6 nitrogen and oxygen atoms in total. The van der Waals surface area contributed by atoms with Crippen LogP contribution in [0.3, 0.4) is 0 Å². The van der Waals surface area contributed by atoms with Gasteiger partial charge in [0.15, 0.2) is 0 Å². The fourth-order valence-corrected chi connectivity index (χ4v) is 5.24. The standard InChI is InChI=1S/C28H42N2O4S/c1-16-10-9-11-17(2)26(33)20(5)27(34)28(7,8)23(31)14-24(32)30-25(18(3)12-16)19(4)13-22-15-35-21(6)29-22/h9-10,12-13,15,17-18,20,23,25-26,31,33H,11,14H2,1-8H3,(H,30,32)/b10-9?,16-12?,19-13+/t17-,18-,20+,23-,25-,26-/m0/s1. The molecule has 0 saturated heterocycles. The van der Waals surface area contributed by atoms with Crippen LogP contribution in [-0.4, -0.2) is 45.1 Å². The lowest BCUT2D eigenvalue weighted by Crippen LogP contribution is -2.47. The number of aryl methyl sites for hydroxylation is 1. The minimum Gasteiger partial charge on any atom is -0.392 e. The largest absolute Gasteiger partial charge is 0.392 e. The summed E-state index contributed by atoms with van der Waals surface area (Å²) in [5, 5.41) is 27.7. The molecule has 0 aromatic carbocycles. The number of carbonyl (C=O) groups excluding carboxylic acids is 2. The van der Waals surface area contributed by atoms with Gasteiger partial charge in [-0.3, -0.25) is 9.59 Å². The highest BCUT2D eigenvalue weighted by Crippen LogP contribution is 2.31. The van der Waals surface area contributed by atoms with Gasteiger partial charge in [0.05, 0.1) is 40.8 Å². The fourth-order valence-electron chi connectivity index (χ4n) is 4.67. The topological polar surface area (TPSA) is 99.5 Å². The molecule has 194 valence electrons. The molecule has 1 aliphatic heterocycles. The molecule has 0 radical (unpaired) electrons. The lowest BCUT2D eigenvalue weighted by Gasteiger charge is -2.34. The Morgan fingerprint density at radius 3 is 2.46 bits per heavy atom. The van der Waals surface area contributed by atoms with Crippen LogP contribution in [0.15, 0.2) is 34.8 Å². The molecule has 0 fully saturated rings. The number of ketones is 1. The third-order valence-electron chi connectivity index (χ3n) is 7.12. The lowest BCUT2D eigenvalue weighted by molar-refractivity contribution is -0.143. The zero-order valence-corrected chi connectivity index (χ0v) is 23.1. The van der Waals surface area contributed by atoms with E-state index in [9.17, 15) is 19.8 Å². The molecule has 0 unspecified atom stereocenters. The summed E-state index contributed by atoms with van der Waals surface area (Å²) in [7, 11) is 0. The number of nitrogens with zero attached hydrogens (tertiary/aromatic N) is 1. The van der Waals surface area contributed by atoms with Crippen molar-refractivity contribution in [2.24, 2.45) is 23.2 Å². The van der Waals surface area contributed by atoms with Gasteiger partial charge in [-0.05, 0) is 50.7 Å². The summed E-state index contributed by atoms with van der Waals surface area (Å²) in [6.07, 6.45) is 6.55. The van der Waals surface area contributed by atoms with Gasteiger partial charge in [-0.25, -0.2) is 4.98 Å². The number of thiazole rings is 1. The van der Waals surface area contributed by atoms with E-state index in [0.29, 0.717) is 6.42 Å². The first kappa shape index (κ1) is 29.1. The van der Waals surface area contributed by atoms with Crippen molar-refractivity contribution in [1.82, 2.24) is 10.3 Å². The van der Waals surface area contributed by atoms with Crippen LogP contribution in [0.4, 0.5) is 0 Å². The van der Waals surface area contributed by atoms with E-state index < -0.39 is 23.5 Å². The predicted octanol–water partition coefficient (Wildman–Crippen LogP) is 4.86. The molecule has 2 heterocycles. The van der Waals surface area contributed by atoms with Gasteiger partial charge >= 0.3 is 0 Å². The number of allylic oxidation sites excluding steroid dienone is 3. The summed E-state index contributed by atoms with van der Waals surface area (Å²) in [6.45, 7) is 14.9. The van der Waals surface area contributed by atoms with Crippen molar-refractivity contribution in [2.45, 2.75) is 86.5 Å². The molecular formula is C28H42N2O4S. The van der Waals surface area contributed by atoms with Gasteiger partial charge in [-0.15, -0.1) is 11.3 Å². The van der Waals surface area contributed by atoms with E-state index in [4.69, 9.17) is 0 Å². The SMILES string of the molecule is CC1=C[C@H](C)[C@@H](/C(C)=C/c2csc(C)n2)NC(=O)C[C@H](O)C(C)(C)C(=O)[C@H](C)[C@@H](O)[C@@H](C)CC=C1. The summed E-state index contributed by atoms with van der Waals surface area (Å²) in [4.78, 5) is 30.8. The van der Waals surface area contributed by atoms with Crippen molar-refractivity contribution in [3.63, 3.8) is 0 Å². The Labute approximate surface area is 214 Å². The van der Waals surface area contributed by atoms with E-state index in [1.807, 2.05) is 58.2 Å². The van der Waals surface area contributed by atoms with Gasteiger partial charge in [0.2, 0.25) is 5.91 Å². The average molecular weight is 503 g/mol. The van der Waals surface area contributed by atoms with Gasteiger partial charge in [0.1, 0.15) is 5.78 Å². The maximum Gasteiger partial charge on any atom is 0.223 e.